The monoisotopic (exact) mass is 276 g/mol. The lowest BCUT2D eigenvalue weighted by atomic mass is 10.1. The van der Waals surface area contributed by atoms with Crippen molar-refractivity contribution in [2.45, 2.75) is 25.8 Å². The van der Waals surface area contributed by atoms with Crippen molar-refractivity contribution >= 4 is 40.5 Å². The van der Waals surface area contributed by atoms with Crippen molar-refractivity contribution in [1.29, 1.82) is 5.26 Å². The van der Waals surface area contributed by atoms with Gasteiger partial charge in [0.1, 0.15) is 0 Å². The molecular formula is C11H11Cl3N2. The molecule has 0 saturated carbocycles. The minimum atomic E-state index is 0.0428. The lowest BCUT2D eigenvalue weighted by molar-refractivity contribution is 0.711. The van der Waals surface area contributed by atoms with Gasteiger partial charge >= 0.3 is 0 Å². The van der Waals surface area contributed by atoms with Gasteiger partial charge in [0, 0.05) is 11.1 Å². The van der Waals surface area contributed by atoms with Gasteiger partial charge in [-0.2, -0.15) is 5.26 Å². The Labute approximate surface area is 110 Å². The van der Waals surface area contributed by atoms with E-state index in [0.717, 1.165) is 6.42 Å². The summed E-state index contributed by atoms with van der Waals surface area (Å²) in [5.74, 6) is 0. The number of hydrogen-bond acceptors (Lipinski definition) is 2. The summed E-state index contributed by atoms with van der Waals surface area (Å²) in [5.41, 5.74) is 0.634. The fourth-order valence-corrected chi connectivity index (χ4v) is 2.22. The number of hydrogen-bond donors (Lipinski definition) is 1. The second-order valence-electron chi connectivity index (χ2n) is 3.36. The molecule has 5 heteroatoms. The van der Waals surface area contributed by atoms with Crippen LogP contribution in [0.1, 0.15) is 19.8 Å². The SMILES string of the molecule is CCC(CC#N)Nc1c(Cl)cc(Cl)cc1Cl. The summed E-state index contributed by atoms with van der Waals surface area (Å²) < 4.78 is 0. The number of benzene rings is 1. The molecule has 0 spiro atoms. The number of nitrogens with zero attached hydrogens (tertiary/aromatic N) is 1. The molecule has 0 aromatic heterocycles. The Balaban J connectivity index is 2.92. The van der Waals surface area contributed by atoms with Gasteiger partial charge in [0.2, 0.25) is 0 Å². The zero-order chi connectivity index (χ0) is 12.1. The summed E-state index contributed by atoms with van der Waals surface area (Å²) in [6.07, 6.45) is 1.23. The first kappa shape index (κ1) is 13.4. The molecule has 1 aromatic carbocycles. The lowest BCUT2D eigenvalue weighted by Crippen LogP contribution is -2.18. The molecule has 0 fully saturated rings. The van der Waals surface area contributed by atoms with Crippen LogP contribution in [0, 0.1) is 11.3 Å². The molecule has 0 heterocycles. The lowest BCUT2D eigenvalue weighted by Gasteiger charge is -2.17. The average molecular weight is 278 g/mol. The summed E-state index contributed by atoms with van der Waals surface area (Å²) in [5, 5.41) is 13.2. The Kier molecular flexibility index (Phi) is 5.21. The third kappa shape index (κ3) is 3.45. The average Bonchev–Trinajstić information content (AvgIpc) is 2.21. The minimum absolute atomic E-state index is 0.0428. The van der Waals surface area contributed by atoms with E-state index in [1.807, 2.05) is 6.92 Å². The molecule has 1 unspecified atom stereocenters. The zero-order valence-electron chi connectivity index (χ0n) is 8.73. The first-order valence-corrected chi connectivity index (χ1v) is 5.99. The van der Waals surface area contributed by atoms with Crippen LogP contribution >= 0.6 is 34.8 Å². The Morgan fingerprint density at radius 2 is 1.88 bits per heavy atom. The fraction of sp³-hybridized carbons (Fsp3) is 0.364. The van der Waals surface area contributed by atoms with Crippen LogP contribution in [0.4, 0.5) is 5.69 Å². The van der Waals surface area contributed by atoms with E-state index in [0.29, 0.717) is 27.2 Å². The first-order valence-electron chi connectivity index (χ1n) is 4.86. The summed E-state index contributed by atoms with van der Waals surface area (Å²) in [7, 11) is 0. The molecule has 0 amide bonds. The molecule has 0 aliphatic heterocycles. The Morgan fingerprint density at radius 1 is 1.31 bits per heavy atom. The van der Waals surface area contributed by atoms with Crippen molar-refractivity contribution in [3.05, 3.63) is 27.2 Å². The third-order valence-corrected chi connectivity index (χ3v) is 3.00. The molecule has 1 atom stereocenters. The molecule has 16 heavy (non-hydrogen) atoms. The third-order valence-electron chi connectivity index (χ3n) is 2.19. The number of anilines is 1. The molecule has 1 aromatic rings. The summed E-state index contributed by atoms with van der Waals surface area (Å²) in [4.78, 5) is 0. The molecule has 0 aliphatic carbocycles. The second kappa shape index (κ2) is 6.20. The van der Waals surface area contributed by atoms with Gasteiger partial charge in [0.25, 0.3) is 0 Å². The number of rotatable bonds is 4. The van der Waals surface area contributed by atoms with Crippen molar-refractivity contribution in [1.82, 2.24) is 0 Å². The normalized spacial score (nSPS) is 11.9. The van der Waals surface area contributed by atoms with Gasteiger partial charge in [-0.1, -0.05) is 41.7 Å². The molecule has 0 aliphatic rings. The van der Waals surface area contributed by atoms with E-state index >= 15 is 0 Å². The van der Waals surface area contributed by atoms with Crippen LogP contribution in [-0.4, -0.2) is 6.04 Å². The molecule has 1 rings (SSSR count). The highest BCUT2D eigenvalue weighted by molar-refractivity contribution is 6.41. The molecule has 86 valence electrons. The van der Waals surface area contributed by atoms with Crippen molar-refractivity contribution < 1.29 is 0 Å². The maximum Gasteiger partial charge on any atom is 0.0722 e. The van der Waals surface area contributed by atoms with E-state index in [4.69, 9.17) is 40.1 Å². The minimum Gasteiger partial charge on any atom is -0.379 e. The van der Waals surface area contributed by atoms with E-state index in [1.54, 1.807) is 12.1 Å². The predicted octanol–water partition coefficient (Wildman–Crippen LogP) is 4.75. The summed E-state index contributed by atoms with van der Waals surface area (Å²) >= 11 is 17.8. The van der Waals surface area contributed by atoms with E-state index in [9.17, 15) is 0 Å². The second-order valence-corrected chi connectivity index (χ2v) is 4.61. The van der Waals surface area contributed by atoms with Crippen molar-refractivity contribution in [2.24, 2.45) is 0 Å². The Morgan fingerprint density at radius 3 is 2.31 bits per heavy atom. The molecule has 0 saturated heterocycles. The Hall–Kier alpha value is -0.620. The maximum atomic E-state index is 8.65. The van der Waals surface area contributed by atoms with Crippen molar-refractivity contribution in [2.75, 3.05) is 5.32 Å². The van der Waals surface area contributed by atoms with Crippen molar-refractivity contribution in [3.8, 4) is 6.07 Å². The molecule has 2 nitrogen and oxygen atoms in total. The topological polar surface area (TPSA) is 35.8 Å². The molecule has 0 radical (unpaired) electrons. The van der Waals surface area contributed by atoms with Crippen LogP contribution in [0.2, 0.25) is 15.1 Å². The first-order chi connectivity index (χ1) is 7.58. The van der Waals surface area contributed by atoms with Gasteiger partial charge in [-0.25, -0.2) is 0 Å². The number of nitriles is 1. The summed E-state index contributed by atoms with van der Waals surface area (Å²) in [6, 6.07) is 5.40. The zero-order valence-corrected chi connectivity index (χ0v) is 11.0. The van der Waals surface area contributed by atoms with Crippen LogP contribution in [0.5, 0.6) is 0 Å². The van der Waals surface area contributed by atoms with E-state index in [2.05, 4.69) is 11.4 Å². The molecule has 1 N–H and O–H groups in total. The smallest absolute Gasteiger partial charge is 0.0722 e. The van der Waals surface area contributed by atoms with Crippen molar-refractivity contribution in [3.63, 3.8) is 0 Å². The number of nitrogens with one attached hydrogen (secondary N) is 1. The van der Waals surface area contributed by atoms with Gasteiger partial charge in [-0.05, 0) is 18.6 Å². The largest absolute Gasteiger partial charge is 0.379 e. The van der Waals surface area contributed by atoms with Crippen LogP contribution < -0.4 is 5.32 Å². The quantitative estimate of drug-likeness (QED) is 0.862. The van der Waals surface area contributed by atoms with Crippen LogP contribution in [0.25, 0.3) is 0 Å². The van der Waals surface area contributed by atoms with Gasteiger partial charge in [0.15, 0.2) is 0 Å². The highest BCUT2D eigenvalue weighted by atomic mass is 35.5. The van der Waals surface area contributed by atoms with Gasteiger partial charge in [-0.15, -0.1) is 0 Å². The predicted molar refractivity (Wildman–Crippen MR) is 69.4 cm³/mol. The Bertz CT molecular complexity index is 389. The summed E-state index contributed by atoms with van der Waals surface area (Å²) in [6.45, 7) is 1.99. The van der Waals surface area contributed by atoms with E-state index < -0.39 is 0 Å². The van der Waals surface area contributed by atoms with E-state index in [-0.39, 0.29) is 6.04 Å². The van der Waals surface area contributed by atoms with Gasteiger partial charge in [0.05, 0.1) is 28.2 Å². The highest BCUT2D eigenvalue weighted by Gasteiger charge is 2.12. The van der Waals surface area contributed by atoms with E-state index in [1.165, 1.54) is 0 Å². The highest BCUT2D eigenvalue weighted by Crippen LogP contribution is 2.34. The molecular weight excluding hydrogens is 266 g/mol. The standard InChI is InChI=1S/C11H11Cl3N2/c1-2-8(3-4-15)16-11-9(13)5-7(12)6-10(11)14/h5-6,8,16H,2-3H2,1H3. The van der Waals surface area contributed by atoms with Crippen LogP contribution in [0.3, 0.4) is 0 Å². The van der Waals surface area contributed by atoms with Crippen LogP contribution in [0.15, 0.2) is 12.1 Å². The number of halogens is 3. The van der Waals surface area contributed by atoms with Crippen LogP contribution in [-0.2, 0) is 0 Å². The molecule has 0 bridgehead atoms. The maximum absolute atomic E-state index is 8.65. The van der Waals surface area contributed by atoms with Gasteiger partial charge in [-0.3, -0.25) is 0 Å². The van der Waals surface area contributed by atoms with Gasteiger partial charge < -0.3 is 5.32 Å². The fourth-order valence-electron chi connectivity index (χ4n) is 1.29.